The number of anilines is 1. The normalized spacial score (nSPS) is 10.8. The molecule has 0 radical (unpaired) electrons. The highest BCUT2D eigenvalue weighted by Crippen LogP contribution is 2.18. The molecule has 0 bridgehead atoms. The Labute approximate surface area is 177 Å². The summed E-state index contributed by atoms with van der Waals surface area (Å²) in [6.07, 6.45) is 1.55. The first-order valence-electron chi connectivity index (χ1n) is 9.00. The van der Waals surface area contributed by atoms with Gasteiger partial charge in [-0.3, -0.25) is 4.79 Å². The van der Waals surface area contributed by atoms with Crippen LogP contribution in [0, 0.1) is 0 Å². The number of carbonyl (C=O) groups excluding carboxylic acids is 2. The van der Waals surface area contributed by atoms with Crippen molar-refractivity contribution in [3.05, 3.63) is 69.5 Å². The van der Waals surface area contributed by atoms with Crippen LogP contribution in [0.4, 0.5) is 10.5 Å². The number of hydrogen-bond donors (Lipinski definition) is 2. The summed E-state index contributed by atoms with van der Waals surface area (Å²) in [7, 11) is 0. The molecule has 3 rings (SSSR count). The molecule has 152 valence electrons. The molecule has 2 aromatic heterocycles. The van der Waals surface area contributed by atoms with E-state index >= 15 is 0 Å². The molecule has 9 heteroatoms. The van der Waals surface area contributed by atoms with Gasteiger partial charge in [0.15, 0.2) is 0 Å². The number of amides is 3. The number of aromatic nitrogens is 1. The van der Waals surface area contributed by atoms with E-state index in [1.165, 1.54) is 11.3 Å². The third kappa shape index (κ3) is 5.82. The number of nitrogens with one attached hydrogen (secondary N) is 2. The number of rotatable bonds is 7. The lowest BCUT2D eigenvalue weighted by Gasteiger charge is -2.26. The van der Waals surface area contributed by atoms with E-state index in [2.05, 4.69) is 15.6 Å². The summed E-state index contributed by atoms with van der Waals surface area (Å²) in [6, 6.07) is 10.2. The van der Waals surface area contributed by atoms with E-state index in [1.54, 1.807) is 52.9 Å². The first-order chi connectivity index (χ1) is 13.9. The van der Waals surface area contributed by atoms with Crippen LogP contribution >= 0.6 is 22.9 Å². The summed E-state index contributed by atoms with van der Waals surface area (Å²) >= 11 is 7.22. The van der Waals surface area contributed by atoms with Gasteiger partial charge in [-0.05, 0) is 50.2 Å². The zero-order chi connectivity index (χ0) is 20.8. The maximum Gasteiger partial charge on any atom is 0.322 e. The minimum absolute atomic E-state index is 0.0533. The summed E-state index contributed by atoms with van der Waals surface area (Å²) in [4.78, 5) is 31.0. The number of benzene rings is 1. The molecule has 0 aliphatic carbocycles. The van der Waals surface area contributed by atoms with Crippen molar-refractivity contribution in [2.75, 3.05) is 5.32 Å². The van der Waals surface area contributed by atoms with Crippen molar-refractivity contribution in [2.24, 2.45) is 0 Å². The number of urea groups is 1. The minimum Gasteiger partial charge on any atom is -0.467 e. The third-order valence-corrected chi connectivity index (χ3v) is 5.16. The molecule has 0 saturated heterocycles. The van der Waals surface area contributed by atoms with Crippen LogP contribution in [0.25, 0.3) is 0 Å². The summed E-state index contributed by atoms with van der Waals surface area (Å²) in [5.74, 6) is 0.379. The lowest BCUT2D eigenvalue weighted by Crippen LogP contribution is -2.39. The highest BCUT2D eigenvalue weighted by atomic mass is 35.5. The zero-order valence-corrected chi connectivity index (χ0v) is 17.6. The Bertz CT molecular complexity index is 955. The van der Waals surface area contributed by atoms with E-state index in [0.717, 1.165) is 0 Å². The van der Waals surface area contributed by atoms with Gasteiger partial charge in [0.1, 0.15) is 16.5 Å². The molecule has 2 heterocycles. The lowest BCUT2D eigenvalue weighted by molar-refractivity contribution is 0.0943. The van der Waals surface area contributed by atoms with Crippen LogP contribution in [0.3, 0.4) is 0 Å². The van der Waals surface area contributed by atoms with E-state index in [4.69, 9.17) is 16.0 Å². The van der Waals surface area contributed by atoms with Gasteiger partial charge in [0.2, 0.25) is 0 Å². The molecule has 0 unspecified atom stereocenters. The first kappa shape index (κ1) is 20.9. The minimum atomic E-state index is -0.286. The van der Waals surface area contributed by atoms with Gasteiger partial charge in [-0.25, -0.2) is 9.78 Å². The van der Waals surface area contributed by atoms with Crippen molar-refractivity contribution in [3.8, 4) is 0 Å². The van der Waals surface area contributed by atoms with Crippen LogP contribution in [0.2, 0.25) is 5.02 Å². The van der Waals surface area contributed by atoms with Crippen molar-refractivity contribution < 1.29 is 14.0 Å². The molecule has 2 N–H and O–H groups in total. The average Bonchev–Trinajstić information content (AvgIpc) is 3.37. The van der Waals surface area contributed by atoms with Crippen LogP contribution in [0.1, 0.15) is 35.1 Å². The molecule has 0 aliphatic heterocycles. The molecule has 1 aromatic carbocycles. The maximum absolute atomic E-state index is 12.7. The van der Waals surface area contributed by atoms with Gasteiger partial charge in [-0.1, -0.05) is 11.6 Å². The SMILES string of the molecule is CC(C)N(Cc1nc(C(=O)NCc2ccco2)cs1)C(=O)Nc1ccc(Cl)cc1. The summed E-state index contributed by atoms with van der Waals surface area (Å²) in [5.41, 5.74) is 0.973. The van der Waals surface area contributed by atoms with Gasteiger partial charge in [-0.15, -0.1) is 11.3 Å². The van der Waals surface area contributed by atoms with E-state index in [9.17, 15) is 9.59 Å². The highest BCUT2D eigenvalue weighted by molar-refractivity contribution is 7.09. The Morgan fingerprint density at radius 3 is 2.66 bits per heavy atom. The number of hydrogen-bond acceptors (Lipinski definition) is 5. The molecule has 29 heavy (non-hydrogen) atoms. The fourth-order valence-electron chi connectivity index (χ4n) is 2.52. The fourth-order valence-corrected chi connectivity index (χ4v) is 3.42. The number of nitrogens with zero attached hydrogens (tertiary/aromatic N) is 2. The zero-order valence-electron chi connectivity index (χ0n) is 16.0. The van der Waals surface area contributed by atoms with Crippen molar-refractivity contribution in [1.82, 2.24) is 15.2 Å². The van der Waals surface area contributed by atoms with Gasteiger partial charge in [0, 0.05) is 22.1 Å². The second kappa shape index (κ2) is 9.58. The second-order valence-electron chi connectivity index (χ2n) is 6.55. The molecule has 0 spiro atoms. The Balaban J connectivity index is 1.61. The molecule has 3 amide bonds. The average molecular weight is 433 g/mol. The van der Waals surface area contributed by atoms with Crippen LogP contribution in [0.5, 0.6) is 0 Å². The smallest absolute Gasteiger partial charge is 0.322 e. The quantitative estimate of drug-likeness (QED) is 0.563. The van der Waals surface area contributed by atoms with Crippen molar-refractivity contribution in [3.63, 3.8) is 0 Å². The van der Waals surface area contributed by atoms with E-state index in [1.807, 2.05) is 13.8 Å². The van der Waals surface area contributed by atoms with Gasteiger partial charge < -0.3 is 20.0 Å². The lowest BCUT2D eigenvalue weighted by atomic mass is 10.3. The summed E-state index contributed by atoms with van der Waals surface area (Å²) in [6.45, 7) is 4.44. The topological polar surface area (TPSA) is 87.5 Å². The number of furan rings is 1. The Morgan fingerprint density at radius 2 is 2.00 bits per heavy atom. The van der Waals surface area contributed by atoms with Crippen molar-refractivity contribution in [1.29, 1.82) is 0 Å². The predicted octanol–water partition coefficient (Wildman–Crippen LogP) is 4.76. The van der Waals surface area contributed by atoms with Gasteiger partial charge in [0.05, 0.1) is 19.4 Å². The van der Waals surface area contributed by atoms with Gasteiger partial charge >= 0.3 is 6.03 Å². The molecular formula is C20H21ClN4O3S. The standard InChI is InChI=1S/C20H21ClN4O3S/c1-13(2)25(20(27)23-15-7-5-14(21)6-8-15)11-18-24-17(12-29-18)19(26)22-10-16-4-3-9-28-16/h3-9,12-13H,10-11H2,1-2H3,(H,22,26)(H,23,27). The van der Waals surface area contributed by atoms with Crippen molar-refractivity contribution in [2.45, 2.75) is 33.0 Å². The monoisotopic (exact) mass is 432 g/mol. The molecule has 0 saturated carbocycles. The van der Waals surface area contributed by atoms with Gasteiger partial charge in [0.25, 0.3) is 5.91 Å². The highest BCUT2D eigenvalue weighted by Gasteiger charge is 2.20. The first-order valence-corrected chi connectivity index (χ1v) is 10.3. The fraction of sp³-hybridized carbons (Fsp3) is 0.250. The number of thiazole rings is 1. The Hall–Kier alpha value is -2.84. The Kier molecular flexibility index (Phi) is 6.90. The van der Waals surface area contributed by atoms with Crippen LogP contribution < -0.4 is 10.6 Å². The Morgan fingerprint density at radius 1 is 1.24 bits per heavy atom. The van der Waals surface area contributed by atoms with E-state index in [0.29, 0.717) is 40.3 Å². The van der Waals surface area contributed by atoms with Crippen LogP contribution in [-0.2, 0) is 13.1 Å². The third-order valence-electron chi connectivity index (χ3n) is 4.07. The van der Waals surface area contributed by atoms with Crippen LogP contribution in [0.15, 0.2) is 52.5 Å². The number of carbonyl (C=O) groups is 2. The van der Waals surface area contributed by atoms with E-state index < -0.39 is 0 Å². The molecular weight excluding hydrogens is 412 g/mol. The molecule has 0 fully saturated rings. The van der Waals surface area contributed by atoms with Gasteiger partial charge in [-0.2, -0.15) is 0 Å². The molecule has 0 aliphatic rings. The second-order valence-corrected chi connectivity index (χ2v) is 7.93. The summed E-state index contributed by atoms with van der Waals surface area (Å²) < 4.78 is 5.19. The maximum atomic E-state index is 12.7. The van der Waals surface area contributed by atoms with Crippen LogP contribution in [-0.4, -0.2) is 27.9 Å². The molecule has 7 nitrogen and oxygen atoms in total. The summed E-state index contributed by atoms with van der Waals surface area (Å²) in [5, 5.41) is 8.57. The van der Waals surface area contributed by atoms with E-state index in [-0.39, 0.29) is 18.0 Å². The number of halogens is 1. The molecule has 0 atom stereocenters. The van der Waals surface area contributed by atoms with Crippen molar-refractivity contribution >= 4 is 40.6 Å². The largest absolute Gasteiger partial charge is 0.467 e. The predicted molar refractivity (Wildman–Crippen MR) is 113 cm³/mol. The molecule has 3 aromatic rings.